The second-order valence-electron chi connectivity index (χ2n) is 7.08. The molecule has 6 nitrogen and oxygen atoms in total. The number of thiazole rings is 1. The van der Waals surface area contributed by atoms with Gasteiger partial charge in [-0.25, -0.2) is 4.98 Å². The van der Waals surface area contributed by atoms with Crippen LogP contribution in [0.3, 0.4) is 0 Å². The molecule has 0 unspecified atom stereocenters. The molecule has 0 saturated heterocycles. The van der Waals surface area contributed by atoms with Crippen molar-refractivity contribution >= 4 is 75.6 Å². The van der Waals surface area contributed by atoms with Crippen molar-refractivity contribution in [3.63, 3.8) is 0 Å². The fourth-order valence-corrected chi connectivity index (χ4v) is 5.88. The number of fused-ring (bicyclic) bond motifs is 2. The van der Waals surface area contributed by atoms with E-state index in [-0.39, 0.29) is 11.6 Å². The van der Waals surface area contributed by atoms with Crippen LogP contribution in [0.2, 0.25) is 0 Å². The quantitative estimate of drug-likeness (QED) is 0.183. The Labute approximate surface area is 199 Å². The first-order valence-corrected chi connectivity index (χ1v) is 12.0. The van der Waals surface area contributed by atoms with Gasteiger partial charge in [0.2, 0.25) is 0 Å². The highest BCUT2D eigenvalue weighted by Crippen LogP contribution is 2.35. The number of rotatable bonds is 5. The lowest BCUT2D eigenvalue weighted by molar-refractivity contribution is -0.384. The highest BCUT2D eigenvalue weighted by atomic mass is 79.9. The Morgan fingerprint density at radius 2 is 1.81 bits per heavy atom. The number of anilines is 1. The molecule has 9 heteroatoms. The highest BCUT2D eigenvalue weighted by molar-refractivity contribution is 9.10. The predicted molar refractivity (Wildman–Crippen MR) is 133 cm³/mol. The number of amides is 1. The number of benzene rings is 3. The van der Waals surface area contributed by atoms with E-state index in [0.717, 1.165) is 25.0 Å². The molecule has 0 N–H and O–H groups in total. The minimum atomic E-state index is -0.431. The largest absolute Gasteiger partial charge is 0.279 e. The Kier molecular flexibility index (Phi) is 5.46. The summed E-state index contributed by atoms with van der Waals surface area (Å²) in [6.07, 6.45) is 0. The van der Waals surface area contributed by atoms with E-state index in [0.29, 0.717) is 21.9 Å². The van der Waals surface area contributed by atoms with Crippen molar-refractivity contribution in [3.05, 3.63) is 97.8 Å². The molecule has 0 aliphatic heterocycles. The number of hydrogen-bond acceptors (Lipinski definition) is 6. The van der Waals surface area contributed by atoms with Crippen molar-refractivity contribution in [2.45, 2.75) is 6.54 Å². The number of carbonyl (C=O) groups is 1. The van der Waals surface area contributed by atoms with Gasteiger partial charge in [-0.1, -0.05) is 57.6 Å². The third kappa shape index (κ3) is 4.02. The van der Waals surface area contributed by atoms with Crippen molar-refractivity contribution < 1.29 is 9.72 Å². The van der Waals surface area contributed by atoms with Crippen LogP contribution in [0.5, 0.6) is 0 Å². The van der Waals surface area contributed by atoms with Crippen molar-refractivity contribution in [3.8, 4) is 0 Å². The van der Waals surface area contributed by atoms with Crippen molar-refractivity contribution in [2.75, 3.05) is 4.90 Å². The summed E-state index contributed by atoms with van der Waals surface area (Å²) in [6.45, 7) is 0.370. The number of halogens is 1. The molecule has 32 heavy (non-hydrogen) atoms. The van der Waals surface area contributed by atoms with E-state index >= 15 is 0 Å². The minimum absolute atomic E-state index is 0.00666. The summed E-state index contributed by atoms with van der Waals surface area (Å²) in [4.78, 5) is 31.2. The number of hydrogen-bond donors (Lipinski definition) is 0. The second kappa shape index (κ2) is 8.42. The first kappa shape index (κ1) is 20.7. The summed E-state index contributed by atoms with van der Waals surface area (Å²) in [5, 5.41) is 12.4. The van der Waals surface area contributed by atoms with E-state index in [9.17, 15) is 14.9 Å². The molecule has 2 aromatic heterocycles. The van der Waals surface area contributed by atoms with Gasteiger partial charge in [0.15, 0.2) is 5.13 Å². The van der Waals surface area contributed by atoms with Gasteiger partial charge in [-0.3, -0.25) is 19.8 Å². The van der Waals surface area contributed by atoms with Crippen molar-refractivity contribution in [1.82, 2.24) is 4.98 Å². The van der Waals surface area contributed by atoms with Crippen molar-refractivity contribution in [2.24, 2.45) is 0 Å². The molecule has 5 rings (SSSR count). The first-order chi connectivity index (χ1) is 15.5. The first-order valence-electron chi connectivity index (χ1n) is 9.58. The maximum absolute atomic E-state index is 13.6. The zero-order chi connectivity index (χ0) is 22.2. The molecule has 3 aromatic carbocycles. The van der Waals surface area contributed by atoms with Gasteiger partial charge in [0, 0.05) is 26.7 Å². The predicted octanol–water partition coefficient (Wildman–Crippen LogP) is 7.03. The molecule has 0 spiro atoms. The van der Waals surface area contributed by atoms with Crippen molar-refractivity contribution in [1.29, 1.82) is 0 Å². The molecule has 0 bridgehead atoms. The van der Waals surface area contributed by atoms with E-state index in [2.05, 4.69) is 15.9 Å². The number of non-ortho nitro benzene ring substituents is 1. The summed E-state index contributed by atoms with van der Waals surface area (Å²) in [5.41, 5.74) is 1.82. The number of nitro benzene ring substituents is 1. The van der Waals surface area contributed by atoms with Crippen LogP contribution in [0.1, 0.15) is 15.2 Å². The Hall–Kier alpha value is -3.14. The molecular formula is C23H14BrN3O3S2. The van der Waals surface area contributed by atoms with Crippen LogP contribution in [-0.2, 0) is 6.54 Å². The highest BCUT2D eigenvalue weighted by Gasteiger charge is 2.24. The standard InChI is InChI=1S/C23H14BrN3O3S2/c24-16-6-8-18-20(12-16)32-23(25-18)26(13-14-4-2-1-3-5-14)22(28)21-11-15-10-17(27(29)30)7-9-19(15)31-21/h1-12H,13H2. The summed E-state index contributed by atoms with van der Waals surface area (Å²) >= 11 is 6.26. The lowest BCUT2D eigenvalue weighted by Crippen LogP contribution is -2.29. The van der Waals surface area contributed by atoms with E-state index < -0.39 is 4.92 Å². The number of aromatic nitrogens is 1. The zero-order valence-electron chi connectivity index (χ0n) is 16.4. The molecule has 0 fully saturated rings. The lowest BCUT2D eigenvalue weighted by Gasteiger charge is -2.19. The van der Waals surface area contributed by atoms with Crippen LogP contribution < -0.4 is 4.90 Å². The Bertz CT molecular complexity index is 1480. The van der Waals surface area contributed by atoms with Gasteiger partial charge in [-0.15, -0.1) is 11.3 Å². The average molecular weight is 524 g/mol. The monoisotopic (exact) mass is 523 g/mol. The minimum Gasteiger partial charge on any atom is -0.279 e. The van der Waals surface area contributed by atoms with Gasteiger partial charge in [0.1, 0.15) is 0 Å². The third-order valence-corrected chi connectivity index (χ3v) is 7.56. The van der Waals surface area contributed by atoms with Crippen LogP contribution in [0.25, 0.3) is 20.3 Å². The Morgan fingerprint density at radius 3 is 2.59 bits per heavy atom. The van der Waals surface area contributed by atoms with Gasteiger partial charge in [-0.05, 0) is 35.9 Å². The van der Waals surface area contributed by atoms with Crippen LogP contribution in [0, 0.1) is 10.1 Å². The Balaban J connectivity index is 1.58. The van der Waals surface area contributed by atoms with Crippen LogP contribution in [-0.4, -0.2) is 15.8 Å². The lowest BCUT2D eigenvalue weighted by atomic mass is 10.2. The summed E-state index contributed by atoms with van der Waals surface area (Å²) < 4.78 is 2.76. The van der Waals surface area contributed by atoms with E-state index in [1.807, 2.05) is 48.5 Å². The Morgan fingerprint density at radius 1 is 1.00 bits per heavy atom. The smallest absolute Gasteiger partial charge is 0.270 e. The fourth-order valence-electron chi connectivity index (χ4n) is 3.38. The number of carbonyl (C=O) groups excluding carboxylic acids is 1. The molecule has 0 radical (unpaired) electrons. The van der Waals surface area contributed by atoms with Gasteiger partial charge < -0.3 is 0 Å². The molecule has 2 heterocycles. The fraction of sp³-hybridized carbons (Fsp3) is 0.0435. The molecule has 0 saturated carbocycles. The SMILES string of the molecule is O=C(c1cc2cc([N+](=O)[O-])ccc2s1)N(Cc1ccccc1)c1nc2ccc(Br)cc2s1. The van der Waals surface area contributed by atoms with Gasteiger partial charge in [-0.2, -0.15) is 0 Å². The number of thiophene rings is 1. The van der Waals surface area contributed by atoms with Gasteiger partial charge >= 0.3 is 0 Å². The second-order valence-corrected chi connectivity index (χ2v) is 10.1. The molecular weight excluding hydrogens is 510 g/mol. The molecule has 0 atom stereocenters. The zero-order valence-corrected chi connectivity index (χ0v) is 19.6. The molecule has 0 aliphatic carbocycles. The number of nitro groups is 1. The van der Waals surface area contributed by atoms with E-state index in [1.54, 1.807) is 17.0 Å². The van der Waals surface area contributed by atoms with Crippen LogP contribution in [0.15, 0.2) is 77.3 Å². The van der Waals surface area contributed by atoms with E-state index in [4.69, 9.17) is 4.98 Å². The summed E-state index contributed by atoms with van der Waals surface area (Å²) in [6, 6.07) is 21.9. The van der Waals surface area contributed by atoms with E-state index in [1.165, 1.54) is 34.8 Å². The molecule has 0 aliphatic rings. The molecule has 5 aromatic rings. The van der Waals surface area contributed by atoms with Crippen LogP contribution in [0.4, 0.5) is 10.8 Å². The number of nitrogens with zero attached hydrogens (tertiary/aromatic N) is 3. The summed E-state index contributed by atoms with van der Waals surface area (Å²) in [5.74, 6) is -0.184. The van der Waals surface area contributed by atoms with Crippen LogP contribution >= 0.6 is 38.6 Å². The maximum atomic E-state index is 13.6. The average Bonchev–Trinajstić information content (AvgIpc) is 3.40. The molecule has 158 valence electrons. The normalized spacial score (nSPS) is 11.2. The molecule has 1 amide bonds. The topological polar surface area (TPSA) is 76.3 Å². The maximum Gasteiger partial charge on any atom is 0.270 e. The summed E-state index contributed by atoms with van der Waals surface area (Å²) in [7, 11) is 0. The van der Waals surface area contributed by atoms with Gasteiger partial charge in [0.05, 0.1) is 26.6 Å². The third-order valence-electron chi connectivity index (χ3n) is 4.92. The van der Waals surface area contributed by atoms with Gasteiger partial charge in [0.25, 0.3) is 11.6 Å².